The van der Waals surface area contributed by atoms with Crippen LogP contribution in [0.4, 0.5) is 0 Å². The van der Waals surface area contributed by atoms with E-state index in [1.165, 1.54) is 0 Å². The quantitative estimate of drug-likeness (QED) is 0.311. The molecule has 134 valence electrons. The molecule has 0 aromatic carbocycles. The molecule has 6 N–H and O–H groups in total. The number of carbonyl (C=O) groups is 2. The van der Waals surface area contributed by atoms with Crippen LogP contribution in [0.15, 0.2) is 0 Å². The fourth-order valence-corrected chi connectivity index (χ4v) is 3.29. The highest BCUT2D eigenvalue weighted by atomic mass is 16.4. The van der Waals surface area contributed by atoms with Crippen molar-refractivity contribution in [1.82, 2.24) is 10.6 Å². The van der Waals surface area contributed by atoms with Crippen molar-refractivity contribution < 1.29 is 30.0 Å². The normalized spacial score (nSPS) is 24.5. The molecule has 0 saturated carbocycles. The number of hydrogen-bond donors (Lipinski definition) is 6. The minimum Gasteiger partial charge on any atom is -0.394 e. The van der Waals surface area contributed by atoms with Crippen molar-refractivity contribution in [1.29, 1.82) is 0 Å². The first-order chi connectivity index (χ1) is 10.4. The molecule has 0 aromatic rings. The number of Topliss-reactive ketones (excluding diaryl/α,β-unsaturated/α-hetero) is 1. The molecule has 23 heavy (non-hydrogen) atoms. The predicted octanol–water partition coefficient (Wildman–Crippen LogP) is -1.94. The lowest BCUT2D eigenvalue weighted by Crippen LogP contribution is -2.63. The van der Waals surface area contributed by atoms with E-state index >= 15 is 0 Å². The van der Waals surface area contributed by atoms with Crippen LogP contribution in [0.1, 0.15) is 40.5 Å². The molecule has 1 fully saturated rings. The predicted molar refractivity (Wildman–Crippen MR) is 82.6 cm³/mol. The van der Waals surface area contributed by atoms with E-state index in [1.807, 2.05) is 27.7 Å². The average molecular weight is 332 g/mol. The van der Waals surface area contributed by atoms with Crippen molar-refractivity contribution in [2.24, 2.45) is 0 Å². The highest BCUT2D eigenvalue weighted by Gasteiger charge is 2.40. The van der Waals surface area contributed by atoms with Crippen LogP contribution in [-0.2, 0) is 9.59 Å². The van der Waals surface area contributed by atoms with Crippen molar-refractivity contribution >= 4 is 11.7 Å². The standard InChI is InChI=1S/C15H28N2O6/c1-14(2)5-8(6-15(3,4)17-14)16-13(23)12(22)11(21)10(20)9(19)7-18/h8-11,17-21H,5-7H2,1-4H3,(H,16,23). The van der Waals surface area contributed by atoms with Gasteiger partial charge in [0, 0.05) is 17.1 Å². The Morgan fingerprint density at radius 2 is 1.61 bits per heavy atom. The van der Waals surface area contributed by atoms with Crippen molar-refractivity contribution in [2.75, 3.05) is 6.61 Å². The van der Waals surface area contributed by atoms with Gasteiger partial charge in [-0.25, -0.2) is 0 Å². The molecule has 0 spiro atoms. The van der Waals surface area contributed by atoms with Crippen molar-refractivity contribution in [3.05, 3.63) is 0 Å². The number of rotatable bonds is 6. The third-order valence-electron chi connectivity index (χ3n) is 3.92. The van der Waals surface area contributed by atoms with Gasteiger partial charge in [-0.15, -0.1) is 0 Å². The molecule has 0 radical (unpaired) electrons. The fraction of sp³-hybridized carbons (Fsp3) is 0.867. The van der Waals surface area contributed by atoms with E-state index in [0.717, 1.165) is 0 Å². The van der Waals surface area contributed by atoms with Gasteiger partial charge in [0.1, 0.15) is 12.2 Å². The Hall–Kier alpha value is -1.06. The van der Waals surface area contributed by atoms with Crippen LogP contribution in [-0.4, -0.2) is 74.2 Å². The SMILES string of the molecule is CC1(C)CC(NC(=O)C(=O)C(O)C(O)C(O)CO)CC(C)(C)N1. The average Bonchev–Trinajstić information content (AvgIpc) is 2.40. The van der Waals surface area contributed by atoms with E-state index in [9.17, 15) is 24.9 Å². The summed E-state index contributed by atoms with van der Waals surface area (Å²) < 4.78 is 0. The van der Waals surface area contributed by atoms with Crippen LogP contribution < -0.4 is 10.6 Å². The lowest BCUT2D eigenvalue weighted by Gasteiger charge is -2.46. The van der Waals surface area contributed by atoms with Gasteiger partial charge in [-0.1, -0.05) is 0 Å². The first-order valence-corrected chi connectivity index (χ1v) is 7.67. The number of nitrogens with one attached hydrogen (secondary N) is 2. The molecular weight excluding hydrogens is 304 g/mol. The van der Waals surface area contributed by atoms with E-state index < -0.39 is 36.6 Å². The van der Waals surface area contributed by atoms with Gasteiger partial charge in [0.15, 0.2) is 6.10 Å². The molecule has 0 bridgehead atoms. The second kappa shape index (κ2) is 7.23. The summed E-state index contributed by atoms with van der Waals surface area (Å²) in [6.07, 6.45) is -4.49. The molecular formula is C15H28N2O6. The minimum atomic E-state index is -2.08. The van der Waals surface area contributed by atoms with Gasteiger partial charge in [0.2, 0.25) is 0 Å². The summed E-state index contributed by atoms with van der Waals surface area (Å²) in [5, 5.41) is 43.1. The van der Waals surface area contributed by atoms with Gasteiger partial charge >= 0.3 is 0 Å². The highest BCUT2D eigenvalue weighted by molar-refractivity contribution is 6.38. The molecule has 1 saturated heterocycles. The Morgan fingerprint density at radius 1 is 1.13 bits per heavy atom. The number of amides is 1. The maximum absolute atomic E-state index is 12.0. The minimum absolute atomic E-state index is 0.228. The van der Waals surface area contributed by atoms with Gasteiger partial charge in [-0.05, 0) is 40.5 Å². The van der Waals surface area contributed by atoms with Gasteiger partial charge in [0.05, 0.1) is 6.61 Å². The maximum Gasteiger partial charge on any atom is 0.290 e. The summed E-state index contributed by atoms with van der Waals surface area (Å²) in [4.78, 5) is 23.9. The summed E-state index contributed by atoms with van der Waals surface area (Å²) in [6.45, 7) is 7.14. The van der Waals surface area contributed by atoms with Gasteiger partial charge in [-0.2, -0.15) is 0 Å². The molecule has 1 aliphatic rings. The number of hydrogen-bond acceptors (Lipinski definition) is 7. The monoisotopic (exact) mass is 332 g/mol. The zero-order valence-corrected chi connectivity index (χ0v) is 14.0. The van der Waals surface area contributed by atoms with E-state index in [4.69, 9.17) is 5.11 Å². The van der Waals surface area contributed by atoms with Crippen molar-refractivity contribution in [3.63, 3.8) is 0 Å². The molecule has 1 amide bonds. The van der Waals surface area contributed by atoms with Crippen molar-refractivity contribution in [2.45, 2.75) is 76.0 Å². The number of aliphatic hydroxyl groups is 4. The van der Waals surface area contributed by atoms with Crippen LogP contribution >= 0.6 is 0 Å². The first-order valence-electron chi connectivity index (χ1n) is 7.67. The van der Waals surface area contributed by atoms with Crippen molar-refractivity contribution in [3.8, 4) is 0 Å². The Morgan fingerprint density at radius 3 is 2.04 bits per heavy atom. The number of piperidine rings is 1. The molecule has 1 heterocycles. The molecule has 1 rings (SSSR count). The lowest BCUT2D eigenvalue weighted by molar-refractivity contribution is -0.151. The third-order valence-corrected chi connectivity index (χ3v) is 3.92. The third kappa shape index (κ3) is 5.50. The number of ketones is 1. The number of carbonyl (C=O) groups excluding carboxylic acids is 2. The van der Waals surface area contributed by atoms with E-state index in [-0.39, 0.29) is 17.1 Å². The van der Waals surface area contributed by atoms with E-state index in [0.29, 0.717) is 12.8 Å². The van der Waals surface area contributed by atoms with Crippen LogP contribution in [0.3, 0.4) is 0 Å². The highest BCUT2D eigenvalue weighted by Crippen LogP contribution is 2.28. The maximum atomic E-state index is 12.0. The Bertz CT molecular complexity index is 435. The smallest absolute Gasteiger partial charge is 0.290 e. The fourth-order valence-electron chi connectivity index (χ4n) is 3.29. The summed E-state index contributed by atoms with van der Waals surface area (Å²) in [5.74, 6) is -2.25. The molecule has 1 aliphatic heterocycles. The summed E-state index contributed by atoms with van der Waals surface area (Å²) in [7, 11) is 0. The van der Waals surface area contributed by atoms with Crippen LogP contribution in [0, 0.1) is 0 Å². The zero-order chi connectivity index (χ0) is 18.0. The van der Waals surface area contributed by atoms with Gasteiger partial charge < -0.3 is 31.1 Å². The molecule has 8 nitrogen and oxygen atoms in total. The topological polar surface area (TPSA) is 139 Å². The molecule has 0 aromatic heterocycles. The van der Waals surface area contributed by atoms with Gasteiger partial charge in [-0.3, -0.25) is 9.59 Å². The molecule has 3 atom stereocenters. The van der Waals surface area contributed by atoms with Crippen LogP contribution in [0.2, 0.25) is 0 Å². The zero-order valence-electron chi connectivity index (χ0n) is 14.0. The largest absolute Gasteiger partial charge is 0.394 e. The van der Waals surface area contributed by atoms with Crippen LogP contribution in [0.5, 0.6) is 0 Å². The first kappa shape index (κ1) is 20.0. The molecule has 8 heteroatoms. The van der Waals surface area contributed by atoms with E-state index in [2.05, 4.69) is 10.6 Å². The molecule has 0 aliphatic carbocycles. The van der Waals surface area contributed by atoms with E-state index in [1.54, 1.807) is 0 Å². The Balaban J connectivity index is 2.69. The second-order valence-corrected chi connectivity index (χ2v) is 7.52. The summed E-state index contributed by atoms with van der Waals surface area (Å²) in [5.41, 5.74) is -0.456. The summed E-state index contributed by atoms with van der Waals surface area (Å²) in [6, 6.07) is -0.259. The lowest BCUT2D eigenvalue weighted by atomic mass is 9.79. The number of aliphatic hydroxyl groups excluding tert-OH is 4. The summed E-state index contributed by atoms with van der Waals surface area (Å²) >= 11 is 0. The van der Waals surface area contributed by atoms with Gasteiger partial charge in [0.25, 0.3) is 11.7 Å². The van der Waals surface area contributed by atoms with Crippen LogP contribution in [0.25, 0.3) is 0 Å². The molecule has 3 unspecified atom stereocenters. The Kier molecular flexibility index (Phi) is 6.28. The Labute approximate surface area is 135 Å². The second-order valence-electron chi connectivity index (χ2n) is 7.52.